The van der Waals surface area contributed by atoms with E-state index in [1.807, 2.05) is 47.8 Å². The molecule has 0 spiro atoms. The van der Waals surface area contributed by atoms with Crippen molar-refractivity contribution in [2.24, 2.45) is 5.92 Å². The van der Waals surface area contributed by atoms with Crippen molar-refractivity contribution in [2.75, 3.05) is 30.3 Å². The topological polar surface area (TPSA) is 94.6 Å². The molecule has 1 aliphatic heterocycles. The molecule has 36 heavy (non-hydrogen) atoms. The zero-order valence-corrected chi connectivity index (χ0v) is 21.0. The van der Waals surface area contributed by atoms with Gasteiger partial charge < -0.3 is 20.4 Å². The third-order valence-corrected chi connectivity index (χ3v) is 7.86. The predicted molar refractivity (Wildman–Crippen MR) is 142 cm³/mol. The SMILES string of the molecule is O=C(Nc1nccs1)[C@H](CC1CCCCC1)N1CCN(C(=O)Nc2ccc3ccccc3c2)CC1=O. The van der Waals surface area contributed by atoms with Crippen LogP contribution in [0, 0.1) is 5.92 Å². The molecular weight excluding hydrogens is 474 g/mol. The molecule has 2 fully saturated rings. The normalized spacial score (nSPS) is 17.7. The summed E-state index contributed by atoms with van der Waals surface area (Å²) in [5.74, 6) is 0.0239. The molecule has 8 nitrogen and oxygen atoms in total. The van der Waals surface area contributed by atoms with Gasteiger partial charge in [-0.25, -0.2) is 9.78 Å². The maximum atomic E-state index is 13.3. The molecule has 1 aromatic heterocycles. The number of amides is 4. The molecule has 2 N–H and O–H groups in total. The molecule has 2 aromatic carbocycles. The Morgan fingerprint density at radius 3 is 2.58 bits per heavy atom. The van der Waals surface area contributed by atoms with Crippen molar-refractivity contribution in [1.82, 2.24) is 14.8 Å². The Labute approximate surface area is 214 Å². The first-order valence-corrected chi connectivity index (χ1v) is 13.5. The van der Waals surface area contributed by atoms with Gasteiger partial charge in [-0.15, -0.1) is 11.3 Å². The number of hydrogen-bond acceptors (Lipinski definition) is 5. The lowest BCUT2D eigenvalue weighted by molar-refractivity contribution is -0.142. The summed E-state index contributed by atoms with van der Waals surface area (Å²) in [6.45, 7) is 0.647. The van der Waals surface area contributed by atoms with Crippen molar-refractivity contribution >= 4 is 50.8 Å². The fraction of sp³-hybridized carbons (Fsp3) is 0.407. The van der Waals surface area contributed by atoms with Gasteiger partial charge >= 0.3 is 6.03 Å². The molecule has 1 saturated heterocycles. The van der Waals surface area contributed by atoms with E-state index < -0.39 is 6.04 Å². The summed E-state index contributed by atoms with van der Waals surface area (Å²) in [5.41, 5.74) is 0.687. The van der Waals surface area contributed by atoms with E-state index in [1.165, 1.54) is 35.5 Å². The van der Waals surface area contributed by atoms with Crippen LogP contribution in [-0.2, 0) is 9.59 Å². The number of carbonyl (C=O) groups excluding carboxylic acids is 3. The van der Waals surface area contributed by atoms with E-state index in [1.54, 1.807) is 11.1 Å². The van der Waals surface area contributed by atoms with Crippen molar-refractivity contribution in [3.8, 4) is 0 Å². The van der Waals surface area contributed by atoms with Gasteiger partial charge in [-0.2, -0.15) is 0 Å². The van der Waals surface area contributed by atoms with E-state index >= 15 is 0 Å². The number of nitrogens with zero attached hydrogens (tertiary/aromatic N) is 3. The van der Waals surface area contributed by atoms with Crippen molar-refractivity contribution in [3.63, 3.8) is 0 Å². The first-order valence-electron chi connectivity index (χ1n) is 12.6. The van der Waals surface area contributed by atoms with Gasteiger partial charge in [0.1, 0.15) is 12.6 Å². The number of benzene rings is 2. The highest BCUT2D eigenvalue weighted by atomic mass is 32.1. The molecule has 0 unspecified atom stereocenters. The average Bonchev–Trinajstić information content (AvgIpc) is 3.41. The van der Waals surface area contributed by atoms with Crippen LogP contribution in [0.2, 0.25) is 0 Å². The van der Waals surface area contributed by atoms with Crippen LogP contribution in [0.1, 0.15) is 38.5 Å². The third kappa shape index (κ3) is 5.67. The highest BCUT2D eigenvalue weighted by molar-refractivity contribution is 7.13. The van der Waals surface area contributed by atoms with Gasteiger partial charge in [0.15, 0.2) is 5.13 Å². The summed E-state index contributed by atoms with van der Waals surface area (Å²) in [5, 5.41) is 10.3. The largest absolute Gasteiger partial charge is 0.327 e. The lowest BCUT2D eigenvalue weighted by Gasteiger charge is -2.39. The number of urea groups is 1. The summed E-state index contributed by atoms with van der Waals surface area (Å²) in [6, 6.07) is 12.8. The zero-order chi connectivity index (χ0) is 24.9. The van der Waals surface area contributed by atoms with Gasteiger partial charge in [-0.05, 0) is 35.2 Å². The van der Waals surface area contributed by atoms with E-state index in [0.29, 0.717) is 36.2 Å². The Morgan fingerprint density at radius 2 is 1.83 bits per heavy atom. The minimum atomic E-state index is -0.560. The molecule has 0 radical (unpaired) electrons. The minimum absolute atomic E-state index is 0.0505. The Hall–Kier alpha value is -3.46. The van der Waals surface area contributed by atoms with Crippen LogP contribution in [0.25, 0.3) is 10.8 Å². The van der Waals surface area contributed by atoms with E-state index in [4.69, 9.17) is 0 Å². The first kappa shape index (κ1) is 24.2. The molecule has 1 saturated carbocycles. The molecule has 0 bridgehead atoms. The molecule has 4 amide bonds. The second kappa shape index (κ2) is 11.1. The van der Waals surface area contributed by atoms with Gasteiger partial charge in [-0.1, -0.05) is 62.4 Å². The molecule has 1 aliphatic carbocycles. The van der Waals surface area contributed by atoms with Crippen LogP contribution in [-0.4, -0.2) is 58.3 Å². The number of piperazine rings is 1. The molecule has 5 rings (SSSR count). The molecule has 3 aromatic rings. The lowest BCUT2D eigenvalue weighted by atomic mass is 9.84. The number of carbonyl (C=O) groups is 3. The summed E-state index contributed by atoms with van der Waals surface area (Å²) in [4.78, 5) is 46.8. The third-order valence-electron chi connectivity index (χ3n) is 7.17. The Morgan fingerprint density at radius 1 is 1.03 bits per heavy atom. The number of rotatable bonds is 6. The second-order valence-electron chi connectivity index (χ2n) is 9.58. The second-order valence-corrected chi connectivity index (χ2v) is 10.5. The Kier molecular flexibility index (Phi) is 7.46. The van der Waals surface area contributed by atoms with E-state index in [2.05, 4.69) is 15.6 Å². The summed E-state index contributed by atoms with van der Waals surface area (Å²) >= 11 is 1.36. The Bertz CT molecular complexity index is 1230. The quantitative estimate of drug-likeness (QED) is 0.496. The Balaban J connectivity index is 1.24. The number of aromatic nitrogens is 1. The first-order chi connectivity index (χ1) is 17.6. The number of anilines is 2. The lowest BCUT2D eigenvalue weighted by Crippen LogP contribution is -2.59. The maximum absolute atomic E-state index is 13.3. The monoisotopic (exact) mass is 505 g/mol. The van der Waals surface area contributed by atoms with Crippen LogP contribution >= 0.6 is 11.3 Å². The van der Waals surface area contributed by atoms with Gasteiger partial charge in [0.2, 0.25) is 11.8 Å². The van der Waals surface area contributed by atoms with Crippen molar-refractivity contribution in [1.29, 1.82) is 0 Å². The summed E-state index contributed by atoms with van der Waals surface area (Å²) < 4.78 is 0. The molecule has 9 heteroatoms. The van der Waals surface area contributed by atoms with Crippen LogP contribution < -0.4 is 10.6 Å². The van der Waals surface area contributed by atoms with Crippen LogP contribution in [0.4, 0.5) is 15.6 Å². The van der Waals surface area contributed by atoms with Gasteiger partial charge in [0, 0.05) is 30.4 Å². The van der Waals surface area contributed by atoms with Crippen LogP contribution in [0.5, 0.6) is 0 Å². The number of thiazole rings is 1. The smallest absolute Gasteiger partial charge is 0.322 e. The van der Waals surface area contributed by atoms with Gasteiger partial charge in [-0.3, -0.25) is 9.59 Å². The highest BCUT2D eigenvalue weighted by Crippen LogP contribution is 2.30. The summed E-state index contributed by atoms with van der Waals surface area (Å²) in [7, 11) is 0. The zero-order valence-electron chi connectivity index (χ0n) is 20.2. The van der Waals surface area contributed by atoms with Crippen molar-refractivity contribution in [3.05, 3.63) is 54.0 Å². The predicted octanol–water partition coefficient (Wildman–Crippen LogP) is 4.95. The van der Waals surface area contributed by atoms with E-state index in [9.17, 15) is 14.4 Å². The molecule has 188 valence electrons. The fourth-order valence-corrected chi connectivity index (χ4v) is 5.78. The number of nitrogens with one attached hydrogen (secondary N) is 2. The van der Waals surface area contributed by atoms with Crippen molar-refractivity contribution < 1.29 is 14.4 Å². The van der Waals surface area contributed by atoms with E-state index in [0.717, 1.165) is 23.6 Å². The van der Waals surface area contributed by atoms with Crippen LogP contribution in [0.15, 0.2) is 54.0 Å². The average molecular weight is 506 g/mol. The summed E-state index contributed by atoms with van der Waals surface area (Å²) in [6.07, 6.45) is 8.04. The fourth-order valence-electron chi connectivity index (χ4n) is 5.25. The molecule has 1 atom stereocenters. The number of hydrogen-bond donors (Lipinski definition) is 2. The van der Waals surface area contributed by atoms with E-state index in [-0.39, 0.29) is 24.4 Å². The molecule has 2 aliphatic rings. The highest BCUT2D eigenvalue weighted by Gasteiger charge is 2.37. The molecule has 2 heterocycles. The minimum Gasteiger partial charge on any atom is -0.327 e. The van der Waals surface area contributed by atoms with Gasteiger partial charge in [0.05, 0.1) is 0 Å². The van der Waals surface area contributed by atoms with Crippen molar-refractivity contribution in [2.45, 2.75) is 44.6 Å². The maximum Gasteiger partial charge on any atom is 0.322 e. The standard InChI is InChI=1S/C27H31N5O3S/c33-24-18-31(27(35)29-22-11-10-20-8-4-5-9-21(20)17-22)13-14-32(24)23(16-19-6-2-1-3-7-19)25(34)30-26-28-12-15-36-26/h4-5,8-12,15,17,19,23H,1-3,6-7,13-14,16,18H2,(H,29,35)(H,28,30,34)/t23-/m0/s1. The van der Waals surface area contributed by atoms with Gasteiger partial charge in [0.25, 0.3) is 0 Å². The number of fused-ring (bicyclic) bond motifs is 1. The molecular formula is C27H31N5O3S. The van der Waals surface area contributed by atoms with Crippen LogP contribution in [0.3, 0.4) is 0 Å².